The van der Waals surface area contributed by atoms with Crippen LogP contribution in [0.25, 0.3) is 0 Å². The van der Waals surface area contributed by atoms with E-state index in [-0.39, 0.29) is 0 Å². The Balaban J connectivity index is 1.69. The largest absolute Gasteiger partial charge is 0.494 e. The van der Waals surface area contributed by atoms with E-state index in [1.807, 2.05) is 24.3 Å². The van der Waals surface area contributed by atoms with Gasteiger partial charge in [0.2, 0.25) is 0 Å². The summed E-state index contributed by atoms with van der Waals surface area (Å²) in [7, 11) is 0. The Morgan fingerprint density at radius 3 is 2.82 bits per heavy atom. The first-order chi connectivity index (χ1) is 10.8. The molecule has 1 amide bonds. The molecule has 1 aromatic carbocycles. The maximum absolute atomic E-state index is 11.8. The Bertz CT molecular complexity index is 459. The first-order valence-corrected chi connectivity index (χ1v) is 8.17. The van der Waals surface area contributed by atoms with E-state index in [0.29, 0.717) is 18.9 Å². The molecule has 0 spiro atoms. The number of carbonyl (C=O) groups excluding carboxylic acids is 1. The van der Waals surface area contributed by atoms with Gasteiger partial charge >= 0.3 is 6.09 Å². The number of piperidine rings is 1. The quantitative estimate of drug-likeness (QED) is 0.837. The SMILES string of the molecule is CCCOc1cccc(NC(=O)OCCN2CCCCC2)c1. The highest BCUT2D eigenvalue weighted by molar-refractivity contribution is 5.84. The Kier molecular flexibility index (Phi) is 7.03. The molecule has 122 valence electrons. The molecule has 0 bridgehead atoms. The van der Waals surface area contributed by atoms with Gasteiger partial charge in [-0.15, -0.1) is 0 Å². The van der Waals surface area contributed by atoms with Gasteiger partial charge in [-0.1, -0.05) is 19.4 Å². The van der Waals surface area contributed by atoms with Crippen molar-refractivity contribution in [3.8, 4) is 5.75 Å². The lowest BCUT2D eigenvalue weighted by Crippen LogP contribution is -2.33. The second kappa shape index (κ2) is 9.30. The second-order valence-electron chi connectivity index (χ2n) is 5.54. The van der Waals surface area contributed by atoms with Gasteiger partial charge in [0.05, 0.1) is 6.61 Å². The summed E-state index contributed by atoms with van der Waals surface area (Å²) in [5.74, 6) is 0.757. The number of rotatable bonds is 7. The third-order valence-corrected chi connectivity index (χ3v) is 3.64. The minimum absolute atomic E-state index is 0.412. The molecule has 1 aliphatic heterocycles. The second-order valence-corrected chi connectivity index (χ2v) is 5.54. The molecule has 1 saturated heterocycles. The molecule has 1 fully saturated rings. The zero-order valence-corrected chi connectivity index (χ0v) is 13.3. The fourth-order valence-corrected chi connectivity index (χ4v) is 2.49. The predicted molar refractivity (Wildman–Crippen MR) is 87.5 cm³/mol. The van der Waals surface area contributed by atoms with Gasteiger partial charge in [0, 0.05) is 18.3 Å². The summed E-state index contributed by atoms with van der Waals surface area (Å²) in [6.07, 6.45) is 4.35. The first kappa shape index (κ1) is 16.6. The van der Waals surface area contributed by atoms with Gasteiger partial charge in [0.15, 0.2) is 0 Å². The molecule has 2 rings (SSSR count). The van der Waals surface area contributed by atoms with Crippen LogP contribution in [0.4, 0.5) is 10.5 Å². The third kappa shape index (κ3) is 5.93. The van der Waals surface area contributed by atoms with Crippen LogP contribution in [0.1, 0.15) is 32.6 Å². The van der Waals surface area contributed by atoms with Gasteiger partial charge in [0.25, 0.3) is 0 Å². The molecular weight excluding hydrogens is 280 g/mol. The van der Waals surface area contributed by atoms with Gasteiger partial charge in [-0.25, -0.2) is 4.79 Å². The molecule has 0 atom stereocenters. The van der Waals surface area contributed by atoms with Crippen molar-refractivity contribution in [3.63, 3.8) is 0 Å². The van der Waals surface area contributed by atoms with E-state index >= 15 is 0 Å². The Labute approximate surface area is 132 Å². The first-order valence-electron chi connectivity index (χ1n) is 8.17. The van der Waals surface area contributed by atoms with Gasteiger partial charge in [-0.2, -0.15) is 0 Å². The molecule has 5 nitrogen and oxygen atoms in total. The van der Waals surface area contributed by atoms with Crippen LogP contribution in [0.2, 0.25) is 0 Å². The highest BCUT2D eigenvalue weighted by Crippen LogP contribution is 2.17. The van der Waals surface area contributed by atoms with Crippen LogP contribution < -0.4 is 10.1 Å². The number of likely N-dealkylation sites (tertiary alicyclic amines) is 1. The smallest absolute Gasteiger partial charge is 0.411 e. The normalized spacial score (nSPS) is 15.3. The van der Waals surface area contributed by atoms with Crippen LogP contribution >= 0.6 is 0 Å². The zero-order valence-electron chi connectivity index (χ0n) is 13.3. The lowest BCUT2D eigenvalue weighted by Gasteiger charge is -2.25. The number of hydrogen-bond acceptors (Lipinski definition) is 4. The average Bonchev–Trinajstić information content (AvgIpc) is 2.54. The number of ether oxygens (including phenoxy) is 2. The van der Waals surface area contributed by atoms with Crippen molar-refractivity contribution >= 4 is 11.8 Å². The monoisotopic (exact) mass is 306 g/mol. The van der Waals surface area contributed by atoms with E-state index in [4.69, 9.17) is 9.47 Å². The summed E-state index contributed by atoms with van der Waals surface area (Å²) in [6.45, 7) is 6.19. The van der Waals surface area contributed by atoms with Crippen LogP contribution in [0.5, 0.6) is 5.75 Å². The Hall–Kier alpha value is -1.75. The van der Waals surface area contributed by atoms with Crippen molar-refractivity contribution in [2.24, 2.45) is 0 Å². The molecule has 0 unspecified atom stereocenters. The van der Waals surface area contributed by atoms with E-state index in [0.717, 1.165) is 31.8 Å². The van der Waals surface area contributed by atoms with Crippen LogP contribution in [0.15, 0.2) is 24.3 Å². The standard InChI is InChI=1S/C17H26N2O3/c1-2-12-21-16-8-6-7-15(14-16)18-17(20)22-13-11-19-9-4-3-5-10-19/h6-8,14H,2-5,9-13H2,1H3,(H,18,20). The number of amides is 1. The van der Waals surface area contributed by atoms with Crippen molar-refractivity contribution in [3.05, 3.63) is 24.3 Å². The van der Waals surface area contributed by atoms with E-state index in [1.165, 1.54) is 19.3 Å². The molecule has 0 aliphatic carbocycles. The number of carbonyl (C=O) groups is 1. The number of nitrogens with one attached hydrogen (secondary N) is 1. The van der Waals surface area contributed by atoms with Gasteiger partial charge < -0.3 is 9.47 Å². The van der Waals surface area contributed by atoms with Crippen molar-refractivity contribution in [1.82, 2.24) is 4.90 Å². The number of nitrogens with zero attached hydrogens (tertiary/aromatic N) is 1. The maximum Gasteiger partial charge on any atom is 0.411 e. The molecule has 0 radical (unpaired) electrons. The van der Waals surface area contributed by atoms with Crippen molar-refractivity contribution in [2.75, 3.05) is 38.2 Å². The number of hydrogen-bond donors (Lipinski definition) is 1. The van der Waals surface area contributed by atoms with Crippen LogP contribution in [-0.2, 0) is 4.74 Å². The average molecular weight is 306 g/mol. The Morgan fingerprint density at radius 1 is 1.23 bits per heavy atom. The van der Waals surface area contributed by atoms with Crippen molar-refractivity contribution < 1.29 is 14.3 Å². The third-order valence-electron chi connectivity index (χ3n) is 3.64. The molecular formula is C17H26N2O3. The summed E-state index contributed by atoms with van der Waals surface area (Å²) in [6, 6.07) is 7.36. The lowest BCUT2D eigenvalue weighted by atomic mass is 10.1. The molecule has 1 aliphatic rings. The summed E-state index contributed by atoms with van der Waals surface area (Å²) in [5, 5.41) is 2.74. The van der Waals surface area contributed by atoms with Gasteiger partial charge in [-0.05, 0) is 44.5 Å². The fourth-order valence-electron chi connectivity index (χ4n) is 2.49. The van der Waals surface area contributed by atoms with Crippen molar-refractivity contribution in [2.45, 2.75) is 32.6 Å². The summed E-state index contributed by atoms with van der Waals surface area (Å²) in [5.41, 5.74) is 0.691. The minimum Gasteiger partial charge on any atom is -0.494 e. The highest BCUT2D eigenvalue weighted by atomic mass is 16.5. The summed E-state index contributed by atoms with van der Waals surface area (Å²) in [4.78, 5) is 14.1. The summed E-state index contributed by atoms with van der Waals surface area (Å²) < 4.78 is 10.8. The van der Waals surface area contributed by atoms with Crippen LogP contribution in [-0.4, -0.2) is 43.8 Å². The van der Waals surface area contributed by atoms with E-state index in [9.17, 15) is 4.79 Å². The number of benzene rings is 1. The molecule has 0 aromatic heterocycles. The highest BCUT2D eigenvalue weighted by Gasteiger charge is 2.10. The van der Waals surface area contributed by atoms with E-state index < -0.39 is 6.09 Å². The van der Waals surface area contributed by atoms with E-state index in [1.54, 1.807) is 0 Å². The zero-order chi connectivity index (χ0) is 15.6. The maximum atomic E-state index is 11.8. The van der Waals surface area contributed by atoms with Crippen LogP contribution in [0, 0.1) is 0 Å². The van der Waals surface area contributed by atoms with Crippen LogP contribution in [0.3, 0.4) is 0 Å². The molecule has 0 saturated carbocycles. The molecule has 1 N–H and O–H groups in total. The molecule has 5 heteroatoms. The molecule has 22 heavy (non-hydrogen) atoms. The van der Waals surface area contributed by atoms with Crippen molar-refractivity contribution in [1.29, 1.82) is 0 Å². The van der Waals surface area contributed by atoms with Gasteiger partial charge in [-0.3, -0.25) is 10.2 Å². The Morgan fingerprint density at radius 2 is 2.05 bits per heavy atom. The topological polar surface area (TPSA) is 50.8 Å². The lowest BCUT2D eigenvalue weighted by molar-refractivity contribution is 0.131. The fraction of sp³-hybridized carbons (Fsp3) is 0.588. The van der Waals surface area contributed by atoms with E-state index in [2.05, 4.69) is 17.1 Å². The number of anilines is 1. The summed E-state index contributed by atoms with van der Waals surface area (Å²) >= 11 is 0. The predicted octanol–water partition coefficient (Wildman–Crippen LogP) is 3.51. The molecule has 1 heterocycles. The molecule has 1 aromatic rings. The minimum atomic E-state index is -0.412. The van der Waals surface area contributed by atoms with Gasteiger partial charge in [0.1, 0.15) is 12.4 Å².